The van der Waals surface area contributed by atoms with Gasteiger partial charge in [-0.3, -0.25) is 0 Å². The minimum Gasteiger partial charge on any atom is -0.301 e. The molecule has 2 aromatic rings. The van der Waals surface area contributed by atoms with Crippen LogP contribution in [0.15, 0.2) is 35.3 Å². The highest BCUT2D eigenvalue weighted by atomic mass is 19.1. The third kappa shape index (κ3) is 2.06. The van der Waals surface area contributed by atoms with Gasteiger partial charge >= 0.3 is 5.69 Å². The van der Waals surface area contributed by atoms with Gasteiger partial charge in [-0.2, -0.15) is 10.2 Å². The molecule has 0 saturated carbocycles. The Morgan fingerprint density at radius 3 is 2.88 bits per heavy atom. The number of aryl methyl sites for hydroxylation is 1. The first kappa shape index (κ1) is 11.0. The Morgan fingerprint density at radius 2 is 2.24 bits per heavy atom. The molecule has 2 rings (SSSR count). The fraction of sp³-hybridized carbons (Fsp3) is 0.0833. The summed E-state index contributed by atoms with van der Waals surface area (Å²) in [6.07, 6.45) is 1.38. The Labute approximate surface area is 96.6 Å². The number of halogens is 1. The largest absolute Gasteiger partial charge is 0.347 e. The van der Waals surface area contributed by atoms with Crippen LogP contribution in [0.2, 0.25) is 0 Å². The fourth-order valence-electron chi connectivity index (χ4n) is 1.48. The van der Waals surface area contributed by atoms with Gasteiger partial charge in [-0.25, -0.2) is 9.18 Å². The molecule has 0 spiro atoms. The molecule has 0 aliphatic carbocycles. The van der Waals surface area contributed by atoms with Crippen LogP contribution in [0.3, 0.4) is 0 Å². The third-order valence-corrected chi connectivity index (χ3v) is 2.31. The Balaban J connectivity index is 2.72. The first-order chi connectivity index (χ1) is 8.11. The summed E-state index contributed by atoms with van der Waals surface area (Å²) in [6.45, 7) is 0. The quantitative estimate of drug-likeness (QED) is 0.743. The van der Waals surface area contributed by atoms with E-state index in [-0.39, 0.29) is 11.3 Å². The average Bonchev–Trinajstić information content (AvgIpc) is 2.32. The van der Waals surface area contributed by atoms with Crippen molar-refractivity contribution < 1.29 is 4.39 Å². The molecule has 1 aromatic carbocycles. The van der Waals surface area contributed by atoms with Crippen molar-refractivity contribution in [1.82, 2.24) is 9.55 Å². The predicted octanol–water partition coefficient (Wildman–Crippen LogP) is 1.46. The molecular formula is C12H8FN3O. The Kier molecular flexibility index (Phi) is 2.71. The van der Waals surface area contributed by atoms with E-state index in [9.17, 15) is 9.18 Å². The second-order valence-corrected chi connectivity index (χ2v) is 3.52. The number of benzene rings is 1. The molecular weight excluding hydrogens is 221 g/mol. The zero-order valence-electron chi connectivity index (χ0n) is 9.01. The van der Waals surface area contributed by atoms with Gasteiger partial charge in [-0.05, 0) is 12.1 Å². The van der Waals surface area contributed by atoms with Gasteiger partial charge in [0.25, 0.3) is 0 Å². The van der Waals surface area contributed by atoms with Crippen LogP contribution >= 0.6 is 0 Å². The fourth-order valence-corrected chi connectivity index (χ4v) is 1.48. The maximum atomic E-state index is 13.1. The Morgan fingerprint density at radius 1 is 1.47 bits per heavy atom. The number of rotatable bonds is 1. The minimum atomic E-state index is -0.483. The van der Waals surface area contributed by atoms with Crippen LogP contribution in [0, 0.1) is 17.1 Å². The van der Waals surface area contributed by atoms with Crippen molar-refractivity contribution in [3.05, 3.63) is 52.3 Å². The zero-order chi connectivity index (χ0) is 12.4. The van der Waals surface area contributed by atoms with Gasteiger partial charge < -0.3 is 4.57 Å². The van der Waals surface area contributed by atoms with E-state index in [1.165, 1.54) is 36.0 Å². The van der Waals surface area contributed by atoms with Crippen LogP contribution in [0.25, 0.3) is 11.3 Å². The van der Waals surface area contributed by atoms with Crippen molar-refractivity contribution in [3.63, 3.8) is 0 Å². The van der Waals surface area contributed by atoms with Gasteiger partial charge in [-0.1, -0.05) is 12.1 Å². The first-order valence-electron chi connectivity index (χ1n) is 4.85. The highest BCUT2D eigenvalue weighted by molar-refractivity contribution is 5.65. The van der Waals surface area contributed by atoms with Gasteiger partial charge in [0.2, 0.25) is 0 Å². The second kappa shape index (κ2) is 4.18. The molecule has 0 N–H and O–H groups in total. The molecule has 0 unspecified atom stereocenters. The van der Waals surface area contributed by atoms with Crippen LogP contribution in [0.5, 0.6) is 0 Å². The SMILES string of the molecule is Cn1cc(C#N)c(-c2cccc(F)c2)nc1=O. The second-order valence-electron chi connectivity index (χ2n) is 3.52. The lowest BCUT2D eigenvalue weighted by atomic mass is 10.1. The molecule has 0 fully saturated rings. The number of nitrogens with zero attached hydrogens (tertiary/aromatic N) is 3. The molecule has 0 amide bonds. The summed E-state index contributed by atoms with van der Waals surface area (Å²) in [4.78, 5) is 15.2. The molecule has 1 heterocycles. The maximum absolute atomic E-state index is 13.1. The van der Waals surface area contributed by atoms with E-state index < -0.39 is 11.5 Å². The van der Waals surface area contributed by atoms with Crippen molar-refractivity contribution in [2.45, 2.75) is 0 Å². The topological polar surface area (TPSA) is 58.7 Å². The summed E-state index contributed by atoms with van der Waals surface area (Å²) in [5, 5.41) is 8.97. The number of hydrogen-bond acceptors (Lipinski definition) is 3. The van der Waals surface area contributed by atoms with Crippen molar-refractivity contribution in [1.29, 1.82) is 5.26 Å². The normalized spacial score (nSPS) is 9.94. The molecule has 0 bridgehead atoms. The van der Waals surface area contributed by atoms with Gasteiger partial charge in [-0.15, -0.1) is 0 Å². The summed E-state index contributed by atoms with van der Waals surface area (Å²) in [7, 11) is 1.51. The standard InChI is InChI=1S/C12H8FN3O/c1-16-7-9(6-14)11(15-12(16)17)8-3-2-4-10(13)5-8/h2-5,7H,1H3. The zero-order valence-corrected chi connectivity index (χ0v) is 9.01. The van der Waals surface area contributed by atoms with E-state index in [4.69, 9.17) is 5.26 Å². The third-order valence-electron chi connectivity index (χ3n) is 2.31. The van der Waals surface area contributed by atoms with Gasteiger partial charge in [0.1, 0.15) is 11.9 Å². The van der Waals surface area contributed by atoms with E-state index in [1.54, 1.807) is 6.07 Å². The van der Waals surface area contributed by atoms with Crippen molar-refractivity contribution in [3.8, 4) is 17.3 Å². The molecule has 84 valence electrons. The number of hydrogen-bond donors (Lipinski definition) is 0. The molecule has 4 nitrogen and oxygen atoms in total. The molecule has 0 aliphatic heterocycles. The summed E-state index contributed by atoms with van der Waals surface area (Å²) in [5.74, 6) is -0.436. The molecule has 0 aliphatic rings. The van der Waals surface area contributed by atoms with E-state index in [2.05, 4.69) is 4.98 Å². The minimum absolute atomic E-state index is 0.204. The highest BCUT2D eigenvalue weighted by Gasteiger charge is 2.09. The van der Waals surface area contributed by atoms with E-state index in [0.29, 0.717) is 5.56 Å². The van der Waals surface area contributed by atoms with Crippen LogP contribution in [0.4, 0.5) is 4.39 Å². The molecule has 0 radical (unpaired) electrons. The van der Waals surface area contributed by atoms with Gasteiger partial charge in [0, 0.05) is 18.8 Å². The smallest absolute Gasteiger partial charge is 0.301 e. The monoisotopic (exact) mass is 229 g/mol. The Hall–Kier alpha value is -2.48. The molecule has 0 atom stereocenters. The van der Waals surface area contributed by atoms with E-state index in [1.807, 2.05) is 6.07 Å². The Bertz CT molecular complexity index is 670. The lowest BCUT2D eigenvalue weighted by Crippen LogP contribution is -2.20. The maximum Gasteiger partial charge on any atom is 0.347 e. The van der Waals surface area contributed by atoms with Gasteiger partial charge in [0.15, 0.2) is 0 Å². The molecule has 0 saturated heterocycles. The van der Waals surface area contributed by atoms with Crippen LogP contribution in [0.1, 0.15) is 5.56 Å². The van der Waals surface area contributed by atoms with Crippen molar-refractivity contribution in [2.75, 3.05) is 0 Å². The van der Waals surface area contributed by atoms with Crippen molar-refractivity contribution >= 4 is 0 Å². The van der Waals surface area contributed by atoms with Crippen molar-refractivity contribution in [2.24, 2.45) is 7.05 Å². The molecule has 17 heavy (non-hydrogen) atoms. The summed E-state index contributed by atoms with van der Waals surface area (Å²) in [5.41, 5.74) is 0.371. The van der Waals surface area contributed by atoms with Crippen LogP contribution < -0.4 is 5.69 Å². The average molecular weight is 229 g/mol. The lowest BCUT2D eigenvalue weighted by molar-refractivity contribution is 0.628. The summed E-state index contributed by atoms with van der Waals surface area (Å²) >= 11 is 0. The van der Waals surface area contributed by atoms with Gasteiger partial charge in [0.05, 0.1) is 11.3 Å². The van der Waals surface area contributed by atoms with Crippen LogP contribution in [-0.2, 0) is 7.05 Å². The lowest BCUT2D eigenvalue weighted by Gasteiger charge is -2.04. The molecule has 1 aromatic heterocycles. The highest BCUT2D eigenvalue weighted by Crippen LogP contribution is 2.19. The number of nitriles is 1. The van der Waals surface area contributed by atoms with E-state index in [0.717, 1.165) is 0 Å². The molecule has 5 heteroatoms. The van der Waals surface area contributed by atoms with E-state index >= 15 is 0 Å². The predicted molar refractivity (Wildman–Crippen MR) is 59.6 cm³/mol. The summed E-state index contributed by atoms with van der Waals surface area (Å²) in [6, 6.07) is 7.57. The number of aromatic nitrogens is 2. The first-order valence-corrected chi connectivity index (χ1v) is 4.85. The summed E-state index contributed by atoms with van der Waals surface area (Å²) < 4.78 is 14.3. The van der Waals surface area contributed by atoms with Crippen LogP contribution in [-0.4, -0.2) is 9.55 Å².